The first-order valence-electron chi connectivity index (χ1n) is 10.0. The topological polar surface area (TPSA) is 122 Å². The molecule has 0 saturated carbocycles. The third-order valence-corrected chi connectivity index (χ3v) is 5.75. The third kappa shape index (κ3) is 3.37. The Morgan fingerprint density at radius 1 is 1.06 bits per heavy atom. The molecular formula is C20H18FN9O. The Bertz CT molecular complexity index is 1200. The highest BCUT2D eigenvalue weighted by Gasteiger charge is 2.33. The number of fused-ring (bicyclic) bond motifs is 1. The molecule has 1 aromatic carbocycles. The van der Waals surface area contributed by atoms with Crippen LogP contribution in [0.2, 0.25) is 0 Å². The number of hydrogen-bond donors (Lipinski definition) is 2. The molecule has 1 fully saturated rings. The minimum absolute atomic E-state index is 0.140. The van der Waals surface area contributed by atoms with Gasteiger partial charge in [0.05, 0.1) is 17.5 Å². The van der Waals surface area contributed by atoms with Crippen LogP contribution >= 0.6 is 0 Å². The van der Waals surface area contributed by atoms with Gasteiger partial charge < -0.3 is 14.6 Å². The average Bonchev–Trinajstić information content (AvgIpc) is 3.48. The van der Waals surface area contributed by atoms with Crippen molar-refractivity contribution in [1.29, 1.82) is 0 Å². The fraction of sp³-hybridized carbons (Fsp3) is 0.300. The molecule has 3 aromatic heterocycles. The fourth-order valence-corrected chi connectivity index (χ4v) is 4.07. The molecule has 0 amide bonds. The lowest BCUT2D eigenvalue weighted by Crippen LogP contribution is -2.45. The lowest BCUT2D eigenvalue weighted by atomic mass is 9.98. The minimum Gasteiger partial charge on any atom is -0.403 e. The van der Waals surface area contributed by atoms with Gasteiger partial charge in [0.25, 0.3) is 5.89 Å². The molecule has 0 bridgehead atoms. The van der Waals surface area contributed by atoms with Gasteiger partial charge in [-0.05, 0) is 36.1 Å². The second kappa shape index (κ2) is 7.11. The highest BCUT2D eigenvalue weighted by atomic mass is 19.1. The van der Waals surface area contributed by atoms with Crippen LogP contribution in [-0.2, 0) is 12.8 Å². The number of aromatic amines is 1. The summed E-state index contributed by atoms with van der Waals surface area (Å²) in [6.07, 6.45) is 6.61. The number of aromatic nitrogens is 7. The van der Waals surface area contributed by atoms with Crippen molar-refractivity contribution in [2.75, 3.05) is 23.3 Å². The predicted octanol–water partition coefficient (Wildman–Crippen LogP) is 1.97. The number of nitrogens with one attached hydrogen (secondary N) is 2. The normalized spacial score (nSPS) is 18.1. The Labute approximate surface area is 175 Å². The maximum atomic E-state index is 13.4. The second-order valence-electron chi connectivity index (χ2n) is 7.84. The number of anilines is 2. The van der Waals surface area contributed by atoms with Crippen molar-refractivity contribution in [2.45, 2.75) is 24.8 Å². The standard InChI is InChI=1S/C20H18FN9O/c21-15-2-1-11-4-16(5-12(11)3-15)25-19-22-6-13(7-23-19)18-27-28-20(31-18)30-9-14(10-30)17-8-24-29-26-17/h1-3,6-8,14,16H,4-5,9-10H2,(H,22,23,25)(H,24,26,29). The van der Waals surface area contributed by atoms with Crippen LogP contribution in [0.15, 0.2) is 41.2 Å². The summed E-state index contributed by atoms with van der Waals surface area (Å²) in [5, 5.41) is 22.1. The van der Waals surface area contributed by atoms with Gasteiger partial charge in [0.2, 0.25) is 5.95 Å². The van der Waals surface area contributed by atoms with Crippen LogP contribution in [0.5, 0.6) is 0 Å². The van der Waals surface area contributed by atoms with E-state index < -0.39 is 0 Å². The zero-order valence-electron chi connectivity index (χ0n) is 16.4. The molecule has 10 nitrogen and oxygen atoms in total. The Hall–Kier alpha value is -3.89. The van der Waals surface area contributed by atoms with Crippen LogP contribution in [0.4, 0.5) is 16.4 Å². The van der Waals surface area contributed by atoms with Gasteiger partial charge in [-0.15, -0.1) is 5.10 Å². The lowest BCUT2D eigenvalue weighted by molar-refractivity contribution is 0.449. The van der Waals surface area contributed by atoms with E-state index in [2.05, 4.69) is 40.9 Å². The summed E-state index contributed by atoms with van der Waals surface area (Å²) in [5.41, 5.74) is 3.77. The molecule has 2 N–H and O–H groups in total. The second-order valence-corrected chi connectivity index (χ2v) is 7.84. The largest absolute Gasteiger partial charge is 0.403 e. The van der Waals surface area contributed by atoms with E-state index in [-0.39, 0.29) is 11.9 Å². The molecule has 1 saturated heterocycles. The molecular weight excluding hydrogens is 401 g/mol. The van der Waals surface area contributed by atoms with Gasteiger partial charge in [0, 0.05) is 37.4 Å². The summed E-state index contributed by atoms with van der Waals surface area (Å²) in [4.78, 5) is 10.7. The van der Waals surface area contributed by atoms with E-state index in [1.165, 1.54) is 6.07 Å². The van der Waals surface area contributed by atoms with Crippen LogP contribution < -0.4 is 10.2 Å². The summed E-state index contributed by atoms with van der Waals surface area (Å²) in [6.45, 7) is 1.50. The molecule has 31 heavy (non-hydrogen) atoms. The molecule has 0 spiro atoms. The van der Waals surface area contributed by atoms with Crippen molar-refractivity contribution in [3.63, 3.8) is 0 Å². The summed E-state index contributed by atoms with van der Waals surface area (Å²) in [5.74, 6) is 0.988. The van der Waals surface area contributed by atoms with E-state index in [1.54, 1.807) is 24.7 Å². The monoisotopic (exact) mass is 419 g/mol. The summed E-state index contributed by atoms with van der Waals surface area (Å²) >= 11 is 0. The molecule has 1 atom stereocenters. The third-order valence-electron chi connectivity index (χ3n) is 5.75. The molecule has 1 unspecified atom stereocenters. The van der Waals surface area contributed by atoms with E-state index in [0.717, 1.165) is 42.8 Å². The number of hydrogen-bond acceptors (Lipinski definition) is 9. The van der Waals surface area contributed by atoms with Crippen molar-refractivity contribution >= 4 is 12.0 Å². The summed E-state index contributed by atoms with van der Waals surface area (Å²) < 4.78 is 19.2. The first kappa shape index (κ1) is 17.9. The van der Waals surface area contributed by atoms with Crippen molar-refractivity contribution in [2.24, 2.45) is 0 Å². The molecule has 1 aliphatic heterocycles. The Morgan fingerprint density at radius 2 is 1.90 bits per heavy atom. The number of H-pyrrole nitrogens is 1. The van der Waals surface area contributed by atoms with Crippen molar-refractivity contribution < 1.29 is 8.81 Å². The van der Waals surface area contributed by atoms with Crippen LogP contribution in [-0.4, -0.2) is 54.7 Å². The zero-order chi connectivity index (χ0) is 20.8. The van der Waals surface area contributed by atoms with Gasteiger partial charge in [-0.2, -0.15) is 15.4 Å². The number of benzene rings is 1. The van der Waals surface area contributed by atoms with Crippen LogP contribution in [0.3, 0.4) is 0 Å². The smallest absolute Gasteiger partial charge is 0.318 e. The van der Waals surface area contributed by atoms with Gasteiger partial charge in [-0.1, -0.05) is 11.2 Å². The molecule has 4 aromatic rings. The van der Waals surface area contributed by atoms with E-state index in [1.807, 2.05) is 11.0 Å². The quantitative estimate of drug-likeness (QED) is 0.500. The first-order chi connectivity index (χ1) is 15.2. The highest BCUT2D eigenvalue weighted by molar-refractivity contribution is 5.52. The minimum atomic E-state index is -0.203. The number of nitrogens with zero attached hydrogens (tertiary/aromatic N) is 7. The lowest BCUT2D eigenvalue weighted by Gasteiger charge is -2.36. The molecule has 156 valence electrons. The SMILES string of the molecule is Fc1ccc2c(c1)CC(Nc1ncc(-c3nnc(N4CC(c5cn[nH]n5)C4)o3)cn1)C2. The Kier molecular flexibility index (Phi) is 4.11. The molecule has 2 aliphatic rings. The average molecular weight is 419 g/mol. The number of halogens is 1. The van der Waals surface area contributed by atoms with Crippen molar-refractivity contribution in [3.8, 4) is 11.5 Å². The van der Waals surface area contributed by atoms with Crippen molar-refractivity contribution in [3.05, 3.63) is 59.4 Å². The van der Waals surface area contributed by atoms with Gasteiger partial charge in [0.15, 0.2) is 0 Å². The van der Waals surface area contributed by atoms with Crippen LogP contribution in [0.1, 0.15) is 22.7 Å². The summed E-state index contributed by atoms with van der Waals surface area (Å²) in [7, 11) is 0. The van der Waals surface area contributed by atoms with Crippen LogP contribution in [0.25, 0.3) is 11.5 Å². The molecule has 6 rings (SSSR count). The highest BCUT2D eigenvalue weighted by Crippen LogP contribution is 2.31. The van der Waals surface area contributed by atoms with E-state index in [4.69, 9.17) is 4.42 Å². The van der Waals surface area contributed by atoms with Crippen molar-refractivity contribution in [1.82, 2.24) is 35.6 Å². The van der Waals surface area contributed by atoms with E-state index >= 15 is 0 Å². The number of rotatable bonds is 5. The van der Waals surface area contributed by atoms with Crippen LogP contribution in [0, 0.1) is 5.82 Å². The maximum absolute atomic E-state index is 13.4. The molecule has 1 aliphatic carbocycles. The van der Waals surface area contributed by atoms with Gasteiger partial charge in [-0.25, -0.2) is 14.4 Å². The Morgan fingerprint density at radius 3 is 2.71 bits per heavy atom. The van der Waals surface area contributed by atoms with E-state index in [9.17, 15) is 4.39 Å². The maximum Gasteiger partial charge on any atom is 0.318 e. The molecule has 0 radical (unpaired) electrons. The molecule has 4 heterocycles. The van der Waals surface area contributed by atoms with E-state index in [0.29, 0.717) is 29.3 Å². The predicted molar refractivity (Wildman–Crippen MR) is 108 cm³/mol. The first-order valence-corrected chi connectivity index (χ1v) is 10.0. The van der Waals surface area contributed by atoms with Gasteiger partial charge >= 0.3 is 6.01 Å². The van der Waals surface area contributed by atoms with Gasteiger partial charge in [-0.3, -0.25) is 0 Å². The van der Waals surface area contributed by atoms with Gasteiger partial charge in [0.1, 0.15) is 5.82 Å². The summed E-state index contributed by atoms with van der Waals surface area (Å²) in [6, 6.07) is 5.55. The Balaban J connectivity index is 1.08. The fourth-order valence-electron chi connectivity index (χ4n) is 4.07. The molecule has 11 heteroatoms. The zero-order valence-corrected chi connectivity index (χ0v) is 16.4.